The van der Waals surface area contributed by atoms with Crippen molar-refractivity contribution in [1.29, 1.82) is 0 Å². The molecule has 4 nitrogen and oxygen atoms in total. The summed E-state index contributed by atoms with van der Waals surface area (Å²) in [5.41, 5.74) is 5.36. The van der Waals surface area contributed by atoms with Crippen LogP contribution in [0.15, 0.2) is 0 Å². The maximum Gasteiger partial charge on any atom is 0.232 e. The van der Waals surface area contributed by atoms with Gasteiger partial charge in [0.1, 0.15) is 5.75 Å². The average Bonchev–Trinajstić information content (AvgIpc) is 2.15. The van der Waals surface area contributed by atoms with E-state index in [1.807, 2.05) is 0 Å². The Hall–Kier alpha value is -0.420. The third-order valence-corrected chi connectivity index (χ3v) is 3.73. The topological polar surface area (TPSA) is 72.2 Å². The number of hydrogen-bond donors (Lipinski definition) is 2. The molecule has 0 saturated heterocycles. The van der Waals surface area contributed by atoms with Gasteiger partial charge < -0.3 is 11.1 Å². The van der Waals surface area contributed by atoms with Crippen LogP contribution < -0.4 is 11.1 Å². The van der Waals surface area contributed by atoms with Crippen LogP contribution in [0.3, 0.4) is 0 Å². The quantitative estimate of drug-likeness (QED) is 0.663. The zero-order valence-electron chi connectivity index (χ0n) is 9.79. The fraction of sp³-hybridized carbons (Fsp3) is 0.900. The number of amides is 1. The Morgan fingerprint density at radius 3 is 2.47 bits per heavy atom. The molecule has 0 bridgehead atoms. The largest absolute Gasteiger partial charge is 0.355 e. The molecule has 2 unspecified atom stereocenters. The van der Waals surface area contributed by atoms with Crippen molar-refractivity contribution < 1.29 is 9.00 Å². The molecule has 0 aliphatic carbocycles. The summed E-state index contributed by atoms with van der Waals surface area (Å²) < 4.78 is 11.5. The summed E-state index contributed by atoms with van der Waals surface area (Å²) >= 11 is 0. The Bertz CT molecular complexity index is 219. The van der Waals surface area contributed by atoms with Gasteiger partial charge >= 0.3 is 0 Å². The van der Waals surface area contributed by atoms with Crippen molar-refractivity contribution in [3.63, 3.8) is 0 Å². The molecule has 0 aromatic carbocycles. The van der Waals surface area contributed by atoms with Crippen molar-refractivity contribution in [3.05, 3.63) is 0 Å². The molecular formula is C10H22N2O2S. The van der Waals surface area contributed by atoms with Gasteiger partial charge in [-0.3, -0.25) is 9.00 Å². The van der Waals surface area contributed by atoms with Gasteiger partial charge in [-0.2, -0.15) is 0 Å². The van der Waals surface area contributed by atoms with Gasteiger partial charge in [0.05, 0.1) is 0 Å². The third-order valence-electron chi connectivity index (χ3n) is 2.10. The fourth-order valence-electron chi connectivity index (χ4n) is 0.930. The van der Waals surface area contributed by atoms with Crippen LogP contribution >= 0.6 is 0 Å². The summed E-state index contributed by atoms with van der Waals surface area (Å²) in [6.45, 7) is 7.00. The van der Waals surface area contributed by atoms with Gasteiger partial charge in [0.15, 0.2) is 0 Å². The summed E-state index contributed by atoms with van der Waals surface area (Å²) in [4.78, 5) is 11.3. The highest BCUT2D eigenvalue weighted by Crippen LogP contribution is 1.97. The second-order valence-corrected chi connectivity index (χ2v) is 5.96. The number of hydrogen-bond acceptors (Lipinski definition) is 3. The molecule has 0 aromatic heterocycles. The number of rotatable bonds is 7. The molecule has 90 valence electrons. The Balaban J connectivity index is 3.69. The van der Waals surface area contributed by atoms with Gasteiger partial charge in [-0.05, 0) is 19.3 Å². The Labute approximate surface area is 94.4 Å². The van der Waals surface area contributed by atoms with E-state index >= 15 is 0 Å². The Morgan fingerprint density at radius 2 is 2.00 bits per heavy atom. The van der Waals surface area contributed by atoms with Crippen LogP contribution in [0.4, 0.5) is 0 Å². The second kappa shape index (κ2) is 7.82. The minimum absolute atomic E-state index is 0.0659. The second-order valence-electron chi connectivity index (χ2n) is 4.10. The van der Waals surface area contributed by atoms with Crippen molar-refractivity contribution in [3.8, 4) is 0 Å². The zero-order valence-corrected chi connectivity index (χ0v) is 10.6. The molecule has 2 atom stereocenters. The summed E-state index contributed by atoms with van der Waals surface area (Å²) in [5.74, 6) is 0.490. The minimum Gasteiger partial charge on any atom is -0.355 e. The molecule has 0 aliphatic heterocycles. The maximum absolute atomic E-state index is 11.5. The monoisotopic (exact) mass is 234 g/mol. The van der Waals surface area contributed by atoms with E-state index in [4.69, 9.17) is 5.73 Å². The molecule has 1 amide bonds. The fourth-order valence-corrected chi connectivity index (χ4v) is 1.79. The van der Waals surface area contributed by atoms with Crippen LogP contribution in [-0.4, -0.2) is 34.2 Å². The first-order valence-electron chi connectivity index (χ1n) is 5.31. The Morgan fingerprint density at radius 1 is 1.40 bits per heavy atom. The zero-order chi connectivity index (χ0) is 11.8. The SMILES string of the molecule is CC(C)CCNC(=O)CS(=O)C(C)CN. The lowest BCUT2D eigenvalue weighted by Gasteiger charge is -2.09. The van der Waals surface area contributed by atoms with Crippen LogP contribution in [0, 0.1) is 5.92 Å². The molecule has 0 fully saturated rings. The molecule has 15 heavy (non-hydrogen) atoms. The normalized spacial score (nSPS) is 15.0. The molecule has 0 rings (SSSR count). The molecule has 0 heterocycles. The predicted octanol–water partition coefficient (Wildman–Crippen LogP) is 0.245. The van der Waals surface area contributed by atoms with Crippen molar-refractivity contribution in [1.82, 2.24) is 5.32 Å². The first-order chi connectivity index (χ1) is 6.97. The molecule has 5 heteroatoms. The summed E-state index contributed by atoms with van der Waals surface area (Å²) in [6, 6.07) is 0. The molecule has 0 radical (unpaired) electrons. The molecule has 0 spiro atoms. The molecule has 3 N–H and O–H groups in total. The lowest BCUT2D eigenvalue weighted by Crippen LogP contribution is -2.34. The van der Waals surface area contributed by atoms with Gasteiger partial charge in [0, 0.05) is 29.1 Å². The van der Waals surface area contributed by atoms with Crippen LogP contribution in [0.2, 0.25) is 0 Å². The van der Waals surface area contributed by atoms with Crippen molar-refractivity contribution in [2.75, 3.05) is 18.8 Å². The van der Waals surface area contributed by atoms with E-state index in [1.54, 1.807) is 6.92 Å². The molecule has 0 saturated carbocycles. The van der Waals surface area contributed by atoms with E-state index in [1.165, 1.54) is 0 Å². The Kier molecular flexibility index (Phi) is 7.60. The van der Waals surface area contributed by atoms with Gasteiger partial charge in [0.2, 0.25) is 5.91 Å². The summed E-state index contributed by atoms with van der Waals surface area (Å²) in [5, 5.41) is 2.64. The molecular weight excluding hydrogens is 212 g/mol. The summed E-state index contributed by atoms with van der Waals surface area (Å²) in [6.07, 6.45) is 0.949. The lowest BCUT2D eigenvalue weighted by molar-refractivity contribution is -0.118. The van der Waals surface area contributed by atoms with Crippen LogP contribution in [0.1, 0.15) is 27.2 Å². The first kappa shape index (κ1) is 14.6. The average molecular weight is 234 g/mol. The number of nitrogens with two attached hydrogens (primary N) is 1. The van der Waals surface area contributed by atoms with Crippen LogP contribution in [0.5, 0.6) is 0 Å². The molecule has 0 aromatic rings. The van der Waals surface area contributed by atoms with Crippen molar-refractivity contribution in [2.24, 2.45) is 11.7 Å². The van der Waals surface area contributed by atoms with Gasteiger partial charge in [-0.25, -0.2) is 0 Å². The van der Waals surface area contributed by atoms with Crippen molar-refractivity contribution in [2.45, 2.75) is 32.4 Å². The lowest BCUT2D eigenvalue weighted by atomic mass is 10.1. The maximum atomic E-state index is 11.5. The van der Waals surface area contributed by atoms with E-state index < -0.39 is 10.8 Å². The highest BCUT2D eigenvalue weighted by Gasteiger charge is 2.13. The minimum atomic E-state index is -1.15. The standard InChI is InChI=1S/C10H22N2O2S/c1-8(2)4-5-12-10(13)7-15(14)9(3)6-11/h8-9H,4-7,11H2,1-3H3,(H,12,13). The number of carbonyl (C=O) groups is 1. The van der Waals surface area contributed by atoms with Gasteiger partial charge in [-0.15, -0.1) is 0 Å². The first-order valence-corrected chi connectivity index (χ1v) is 6.69. The highest BCUT2D eigenvalue weighted by molar-refractivity contribution is 7.86. The number of carbonyl (C=O) groups excluding carboxylic acids is 1. The van der Waals surface area contributed by atoms with Gasteiger partial charge in [-0.1, -0.05) is 13.8 Å². The number of nitrogens with one attached hydrogen (secondary N) is 1. The third kappa shape index (κ3) is 7.50. The van der Waals surface area contributed by atoms with Crippen LogP contribution in [-0.2, 0) is 15.6 Å². The van der Waals surface area contributed by atoms with E-state index in [0.717, 1.165) is 6.42 Å². The van der Waals surface area contributed by atoms with Gasteiger partial charge in [0.25, 0.3) is 0 Å². The predicted molar refractivity (Wildman–Crippen MR) is 64.0 cm³/mol. The van der Waals surface area contributed by atoms with Crippen LogP contribution in [0.25, 0.3) is 0 Å². The van der Waals surface area contributed by atoms with E-state index in [9.17, 15) is 9.00 Å². The van der Waals surface area contributed by atoms with E-state index in [0.29, 0.717) is 19.0 Å². The van der Waals surface area contributed by atoms with Crippen molar-refractivity contribution >= 4 is 16.7 Å². The van der Waals surface area contributed by atoms with E-state index in [-0.39, 0.29) is 16.9 Å². The van der Waals surface area contributed by atoms with E-state index in [2.05, 4.69) is 19.2 Å². The summed E-state index contributed by atoms with van der Waals surface area (Å²) in [7, 11) is -1.15. The molecule has 0 aliphatic rings. The highest BCUT2D eigenvalue weighted by atomic mass is 32.2. The smallest absolute Gasteiger partial charge is 0.232 e.